The highest BCUT2D eigenvalue weighted by Crippen LogP contribution is 2.55. The van der Waals surface area contributed by atoms with E-state index in [1.807, 2.05) is 0 Å². The Balaban J connectivity index is 1.17. The van der Waals surface area contributed by atoms with E-state index in [1.165, 1.54) is 92.8 Å². The molecule has 234 valence electrons. The van der Waals surface area contributed by atoms with Gasteiger partial charge in [0.1, 0.15) is 11.2 Å². The number of hydrogen-bond donors (Lipinski definition) is 0. The summed E-state index contributed by atoms with van der Waals surface area (Å²) in [5.41, 5.74) is 12.1. The molecule has 1 nitrogen and oxygen atoms in total. The van der Waals surface area contributed by atoms with Gasteiger partial charge in [-0.05, 0) is 112 Å². The molecular formula is C49H32O. The van der Waals surface area contributed by atoms with E-state index in [4.69, 9.17) is 4.42 Å². The lowest BCUT2D eigenvalue weighted by Gasteiger charge is -2.23. The second-order valence-electron chi connectivity index (χ2n) is 14.4. The second kappa shape index (κ2) is 9.94. The molecule has 1 heterocycles. The molecule has 0 bridgehead atoms. The van der Waals surface area contributed by atoms with Crippen molar-refractivity contribution in [3.05, 3.63) is 169 Å². The summed E-state index contributed by atoms with van der Waals surface area (Å²) in [6, 6.07) is 58.0. The number of rotatable bonds is 2. The first-order valence-corrected chi connectivity index (χ1v) is 17.5. The van der Waals surface area contributed by atoms with Crippen molar-refractivity contribution in [2.75, 3.05) is 0 Å². The van der Waals surface area contributed by atoms with Crippen LogP contribution in [0.15, 0.2) is 162 Å². The Hall–Kier alpha value is -6.18. The Labute approximate surface area is 290 Å². The van der Waals surface area contributed by atoms with Crippen LogP contribution in [0.3, 0.4) is 0 Å². The van der Waals surface area contributed by atoms with Gasteiger partial charge in [0, 0.05) is 16.2 Å². The predicted molar refractivity (Wildman–Crippen MR) is 212 cm³/mol. The van der Waals surface area contributed by atoms with Crippen LogP contribution < -0.4 is 0 Å². The van der Waals surface area contributed by atoms with Crippen LogP contribution >= 0.6 is 0 Å². The standard InChI is InChI=1S/C49H32O/c1-49(2)41-25-26-42-47(46(41)40-24-21-30-12-5-6-14-34(30)48(40)49)39-23-22-33(28-43(39)50-42)45-37-17-9-7-15-35(37)44(36-16-8-10-18-38(36)45)32-20-19-29-11-3-4-13-31(29)27-32/h3-28H,1-2H3. The normalized spacial score (nSPS) is 13.6. The summed E-state index contributed by atoms with van der Waals surface area (Å²) in [6.07, 6.45) is 0. The van der Waals surface area contributed by atoms with Gasteiger partial charge in [-0.1, -0.05) is 147 Å². The van der Waals surface area contributed by atoms with Crippen LogP contribution in [0.5, 0.6) is 0 Å². The van der Waals surface area contributed by atoms with Crippen molar-refractivity contribution < 1.29 is 4.42 Å². The minimum atomic E-state index is -0.117. The molecular weight excluding hydrogens is 605 g/mol. The molecule has 0 aliphatic heterocycles. The van der Waals surface area contributed by atoms with E-state index < -0.39 is 0 Å². The summed E-state index contributed by atoms with van der Waals surface area (Å²) in [6.45, 7) is 4.74. The third kappa shape index (κ3) is 3.67. The molecule has 0 saturated carbocycles. The van der Waals surface area contributed by atoms with Crippen LogP contribution in [-0.4, -0.2) is 0 Å². The van der Waals surface area contributed by atoms with Gasteiger partial charge < -0.3 is 4.42 Å². The number of fused-ring (bicyclic) bond motifs is 12. The molecule has 0 saturated heterocycles. The number of benzene rings is 9. The Bertz CT molecular complexity index is 3010. The fourth-order valence-corrected chi connectivity index (χ4v) is 9.21. The first kappa shape index (κ1) is 27.7. The van der Waals surface area contributed by atoms with Gasteiger partial charge >= 0.3 is 0 Å². The van der Waals surface area contributed by atoms with Crippen LogP contribution in [0, 0.1) is 0 Å². The molecule has 1 aromatic heterocycles. The van der Waals surface area contributed by atoms with E-state index in [1.54, 1.807) is 0 Å². The first-order chi connectivity index (χ1) is 24.6. The molecule has 0 fully saturated rings. The van der Waals surface area contributed by atoms with E-state index in [-0.39, 0.29) is 5.41 Å². The van der Waals surface area contributed by atoms with Crippen molar-refractivity contribution in [2.45, 2.75) is 19.3 Å². The summed E-state index contributed by atoms with van der Waals surface area (Å²) in [4.78, 5) is 0. The van der Waals surface area contributed by atoms with Gasteiger partial charge in [-0.25, -0.2) is 0 Å². The highest BCUT2D eigenvalue weighted by atomic mass is 16.3. The molecule has 50 heavy (non-hydrogen) atoms. The van der Waals surface area contributed by atoms with Crippen molar-refractivity contribution in [3.63, 3.8) is 0 Å². The number of hydrogen-bond acceptors (Lipinski definition) is 1. The molecule has 0 amide bonds. The summed E-state index contributed by atoms with van der Waals surface area (Å²) < 4.78 is 6.77. The first-order valence-electron chi connectivity index (χ1n) is 17.5. The van der Waals surface area contributed by atoms with Gasteiger partial charge in [-0.15, -0.1) is 0 Å². The van der Waals surface area contributed by atoms with E-state index in [0.717, 1.165) is 16.7 Å². The SMILES string of the molecule is CC1(C)c2ccc3oc4cc(-c5c6ccccc6c(-c6ccc7ccccc7c6)c6ccccc56)ccc4c3c2-c2ccc3ccccc3c21. The molecule has 0 radical (unpaired) electrons. The van der Waals surface area contributed by atoms with Gasteiger partial charge in [-0.3, -0.25) is 0 Å². The van der Waals surface area contributed by atoms with Crippen molar-refractivity contribution in [2.24, 2.45) is 0 Å². The van der Waals surface area contributed by atoms with Gasteiger partial charge in [0.2, 0.25) is 0 Å². The van der Waals surface area contributed by atoms with Crippen molar-refractivity contribution in [1.29, 1.82) is 0 Å². The third-order valence-corrected chi connectivity index (χ3v) is 11.4. The summed E-state index contributed by atoms with van der Waals surface area (Å²) in [5.74, 6) is 0. The Kier molecular flexibility index (Phi) is 5.51. The van der Waals surface area contributed by atoms with Crippen LogP contribution in [0.25, 0.3) is 98.4 Å². The quantitative estimate of drug-likeness (QED) is 0.172. The fraction of sp³-hybridized carbons (Fsp3) is 0.0612. The van der Waals surface area contributed by atoms with Crippen molar-refractivity contribution in [3.8, 4) is 33.4 Å². The monoisotopic (exact) mass is 636 g/mol. The maximum atomic E-state index is 6.77. The molecule has 1 aliphatic rings. The second-order valence-corrected chi connectivity index (χ2v) is 14.4. The maximum absolute atomic E-state index is 6.77. The number of furan rings is 1. The summed E-state index contributed by atoms with van der Waals surface area (Å²) >= 11 is 0. The minimum Gasteiger partial charge on any atom is -0.456 e. The maximum Gasteiger partial charge on any atom is 0.136 e. The Morgan fingerprint density at radius 3 is 1.66 bits per heavy atom. The largest absolute Gasteiger partial charge is 0.456 e. The highest BCUT2D eigenvalue weighted by molar-refractivity contribution is 6.23. The zero-order valence-electron chi connectivity index (χ0n) is 27.9. The predicted octanol–water partition coefficient (Wildman–Crippen LogP) is 13.8. The summed E-state index contributed by atoms with van der Waals surface area (Å²) in [7, 11) is 0. The smallest absolute Gasteiger partial charge is 0.136 e. The van der Waals surface area contributed by atoms with Crippen molar-refractivity contribution >= 4 is 65.0 Å². The average Bonchev–Trinajstić information content (AvgIpc) is 3.64. The van der Waals surface area contributed by atoms with Gasteiger partial charge in [0.25, 0.3) is 0 Å². The van der Waals surface area contributed by atoms with Gasteiger partial charge in [-0.2, -0.15) is 0 Å². The topological polar surface area (TPSA) is 13.1 Å². The third-order valence-electron chi connectivity index (χ3n) is 11.4. The van der Waals surface area contributed by atoms with Gasteiger partial charge in [0.05, 0.1) is 0 Å². The van der Waals surface area contributed by atoms with Crippen LogP contribution in [0.1, 0.15) is 25.0 Å². The molecule has 0 N–H and O–H groups in total. The lowest BCUT2D eigenvalue weighted by molar-refractivity contribution is 0.660. The lowest BCUT2D eigenvalue weighted by atomic mass is 9.80. The average molecular weight is 637 g/mol. The molecule has 0 unspecified atom stereocenters. The molecule has 10 aromatic rings. The Morgan fingerprint density at radius 1 is 0.400 bits per heavy atom. The van der Waals surface area contributed by atoms with Crippen LogP contribution in [0.2, 0.25) is 0 Å². The van der Waals surface area contributed by atoms with Crippen LogP contribution in [-0.2, 0) is 5.41 Å². The lowest BCUT2D eigenvalue weighted by Crippen LogP contribution is -2.15. The molecule has 11 rings (SSSR count). The van der Waals surface area contributed by atoms with Crippen molar-refractivity contribution in [1.82, 2.24) is 0 Å². The molecule has 0 atom stereocenters. The highest BCUT2D eigenvalue weighted by Gasteiger charge is 2.38. The van der Waals surface area contributed by atoms with E-state index in [9.17, 15) is 0 Å². The van der Waals surface area contributed by atoms with E-state index in [0.29, 0.717) is 0 Å². The van der Waals surface area contributed by atoms with Crippen LogP contribution in [0.4, 0.5) is 0 Å². The molecule has 9 aromatic carbocycles. The Morgan fingerprint density at radius 2 is 0.960 bits per heavy atom. The molecule has 1 heteroatoms. The molecule has 1 aliphatic carbocycles. The van der Waals surface area contributed by atoms with E-state index in [2.05, 4.69) is 172 Å². The fourth-order valence-electron chi connectivity index (χ4n) is 9.21. The summed E-state index contributed by atoms with van der Waals surface area (Å²) in [5, 5.41) is 12.5. The zero-order chi connectivity index (χ0) is 33.1. The van der Waals surface area contributed by atoms with Gasteiger partial charge in [0.15, 0.2) is 0 Å². The van der Waals surface area contributed by atoms with E-state index >= 15 is 0 Å². The minimum absolute atomic E-state index is 0.117. The molecule has 0 spiro atoms. The zero-order valence-corrected chi connectivity index (χ0v) is 27.9.